The molecule has 1 fully saturated rings. The minimum Gasteiger partial charge on any atom is -0.465 e. The van der Waals surface area contributed by atoms with Gasteiger partial charge in [0.05, 0.1) is 12.7 Å². The van der Waals surface area contributed by atoms with E-state index < -0.39 is 0 Å². The fourth-order valence-electron chi connectivity index (χ4n) is 3.24. The highest BCUT2D eigenvalue weighted by Crippen LogP contribution is 2.33. The molecule has 1 aliphatic rings. The van der Waals surface area contributed by atoms with E-state index in [2.05, 4.69) is 15.1 Å². The van der Waals surface area contributed by atoms with Gasteiger partial charge in [-0.25, -0.2) is 9.18 Å². The SMILES string of the molecule is COC(=O)c1c(NC(=S)N2CCN(Cc3ccc(F)cc3Cl)CC2)sc(C)c1C. The Kier molecular flexibility index (Phi) is 7.10. The van der Waals surface area contributed by atoms with Crippen molar-refractivity contribution in [3.05, 3.63) is 50.6 Å². The van der Waals surface area contributed by atoms with E-state index in [1.165, 1.54) is 30.6 Å². The average Bonchev–Trinajstić information content (AvgIpc) is 2.97. The van der Waals surface area contributed by atoms with Crippen LogP contribution in [0, 0.1) is 19.7 Å². The Morgan fingerprint density at radius 2 is 2.00 bits per heavy atom. The number of hydrogen-bond donors (Lipinski definition) is 1. The topological polar surface area (TPSA) is 44.8 Å². The van der Waals surface area contributed by atoms with Crippen LogP contribution in [0.4, 0.5) is 9.39 Å². The van der Waals surface area contributed by atoms with Crippen molar-refractivity contribution >= 4 is 51.2 Å². The van der Waals surface area contributed by atoms with E-state index in [0.29, 0.717) is 22.2 Å². The summed E-state index contributed by atoms with van der Waals surface area (Å²) in [7, 11) is 1.38. The number of nitrogens with zero attached hydrogens (tertiary/aromatic N) is 2. The van der Waals surface area contributed by atoms with Crippen LogP contribution in [0.25, 0.3) is 0 Å². The maximum absolute atomic E-state index is 13.2. The number of anilines is 1. The zero-order valence-electron chi connectivity index (χ0n) is 16.6. The maximum Gasteiger partial charge on any atom is 0.341 e. The molecule has 1 aliphatic heterocycles. The van der Waals surface area contributed by atoms with Crippen molar-refractivity contribution in [1.29, 1.82) is 0 Å². The molecule has 1 saturated heterocycles. The van der Waals surface area contributed by atoms with Crippen LogP contribution in [0.1, 0.15) is 26.4 Å². The van der Waals surface area contributed by atoms with Crippen molar-refractivity contribution in [1.82, 2.24) is 9.80 Å². The van der Waals surface area contributed by atoms with E-state index in [9.17, 15) is 9.18 Å². The van der Waals surface area contributed by atoms with Gasteiger partial charge in [-0.05, 0) is 49.3 Å². The molecule has 29 heavy (non-hydrogen) atoms. The van der Waals surface area contributed by atoms with Crippen LogP contribution in [-0.2, 0) is 11.3 Å². The standard InChI is InChI=1S/C20H23ClFN3O2S2/c1-12-13(2)29-18(17(12)19(26)27-3)23-20(28)25-8-6-24(7-9-25)11-14-4-5-15(22)10-16(14)21/h4-5,10H,6-9,11H2,1-3H3,(H,23,28). The van der Waals surface area contributed by atoms with Gasteiger partial charge in [0.1, 0.15) is 10.8 Å². The Balaban J connectivity index is 1.59. The number of aryl methyl sites for hydroxylation is 1. The van der Waals surface area contributed by atoms with Gasteiger partial charge in [-0.3, -0.25) is 4.90 Å². The van der Waals surface area contributed by atoms with Gasteiger partial charge in [-0.1, -0.05) is 17.7 Å². The number of methoxy groups -OCH3 is 1. The molecule has 0 bridgehead atoms. The third-order valence-corrected chi connectivity index (χ3v) is 6.90. The van der Waals surface area contributed by atoms with Crippen molar-refractivity contribution in [3.63, 3.8) is 0 Å². The summed E-state index contributed by atoms with van der Waals surface area (Å²) in [5.41, 5.74) is 2.37. The fraction of sp³-hybridized carbons (Fsp3) is 0.400. The Hall–Kier alpha value is -1.74. The van der Waals surface area contributed by atoms with Gasteiger partial charge in [0.15, 0.2) is 5.11 Å². The lowest BCUT2D eigenvalue weighted by molar-refractivity contribution is 0.0601. The first-order valence-electron chi connectivity index (χ1n) is 9.20. The number of carbonyl (C=O) groups is 1. The first-order chi connectivity index (χ1) is 13.8. The van der Waals surface area contributed by atoms with Crippen LogP contribution in [0.5, 0.6) is 0 Å². The van der Waals surface area contributed by atoms with Crippen molar-refractivity contribution in [2.45, 2.75) is 20.4 Å². The molecule has 0 amide bonds. The summed E-state index contributed by atoms with van der Waals surface area (Å²) in [6.45, 7) is 7.67. The molecule has 9 heteroatoms. The Morgan fingerprint density at radius 1 is 1.31 bits per heavy atom. The summed E-state index contributed by atoms with van der Waals surface area (Å²) >= 11 is 13.2. The lowest BCUT2D eigenvalue weighted by atomic mass is 10.1. The van der Waals surface area contributed by atoms with Gasteiger partial charge in [0.2, 0.25) is 0 Å². The largest absolute Gasteiger partial charge is 0.465 e. The average molecular weight is 456 g/mol. The molecular formula is C20H23ClFN3O2S2. The summed E-state index contributed by atoms with van der Waals surface area (Å²) in [5.74, 6) is -0.691. The molecule has 0 spiro atoms. The van der Waals surface area contributed by atoms with Crippen LogP contribution in [-0.4, -0.2) is 54.2 Å². The number of hydrogen-bond acceptors (Lipinski definition) is 5. The monoisotopic (exact) mass is 455 g/mol. The summed E-state index contributed by atoms with van der Waals surface area (Å²) in [6, 6.07) is 4.50. The van der Waals surface area contributed by atoms with Crippen LogP contribution >= 0.6 is 35.2 Å². The van der Waals surface area contributed by atoms with E-state index in [1.807, 2.05) is 13.8 Å². The third kappa shape index (κ3) is 5.06. The second-order valence-corrected chi connectivity index (χ2v) is 8.93. The van der Waals surface area contributed by atoms with E-state index in [-0.39, 0.29) is 11.8 Å². The summed E-state index contributed by atoms with van der Waals surface area (Å²) < 4.78 is 18.1. The first kappa shape index (κ1) is 22.0. The second-order valence-electron chi connectivity index (χ2n) is 6.91. The van der Waals surface area contributed by atoms with E-state index >= 15 is 0 Å². The number of nitrogens with one attached hydrogen (secondary N) is 1. The molecule has 0 unspecified atom stereocenters. The van der Waals surface area contributed by atoms with Crippen molar-refractivity contribution in [2.24, 2.45) is 0 Å². The number of esters is 1. The first-order valence-corrected chi connectivity index (χ1v) is 10.8. The molecule has 1 N–H and O–H groups in total. The fourth-order valence-corrected chi connectivity index (χ4v) is 4.86. The predicted octanol–water partition coefficient (Wildman–Crippen LogP) is 4.46. The number of thiocarbonyl (C=S) groups is 1. The number of ether oxygens (including phenoxy) is 1. The molecule has 0 aliphatic carbocycles. The number of piperazine rings is 1. The molecule has 2 heterocycles. The number of carbonyl (C=O) groups excluding carboxylic acids is 1. The zero-order valence-corrected chi connectivity index (χ0v) is 18.9. The van der Waals surface area contributed by atoms with Gasteiger partial charge < -0.3 is 15.0 Å². The van der Waals surface area contributed by atoms with Crippen LogP contribution < -0.4 is 5.32 Å². The molecule has 0 atom stereocenters. The van der Waals surface area contributed by atoms with Crippen LogP contribution in [0.2, 0.25) is 5.02 Å². The van der Waals surface area contributed by atoms with Gasteiger partial charge in [-0.15, -0.1) is 11.3 Å². The van der Waals surface area contributed by atoms with Gasteiger partial charge in [0, 0.05) is 42.6 Å². The molecule has 1 aromatic carbocycles. The minimum absolute atomic E-state index is 0.328. The maximum atomic E-state index is 13.2. The van der Waals surface area contributed by atoms with Crippen LogP contribution in [0.15, 0.2) is 18.2 Å². The Morgan fingerprint density at radius 3 is 2.62 bits per heavy atom. The van der Waals surface area contributed by atoms with E-state index in [4.69, 9.17) is 28.6 Å². The Bertz CT molecular complexity index is 927. The molecular weight excluding hydrogens is 433 g/mol. The highest BCUT2D eigenvalue weighted by atomic mass is 35.5. The summed E-state index contributed by atoms with van der Waals surface area (Å²) in [6.07, 6.45) is 0. The quantitative estimate of drug-likeness (QED) is 0.542. The zero-order chi connectivity index (χ0) is 21.1. The van der Waals surface area contributed by atoms with E-state index in [0.717, 1.165) is 47.2 Å². The summed E-state index contributed by atoms with van der Waals surface area (Å²) in [4.78, 5) is 17.5. The predicted molar refractivity (Wildman–Crippen MR) is 120 cm³/mol. The molecule has 156 valence electrons. The lowest BCUT2D eigenvalue weighted by Crippen LogP contribution is -2.49. The van der Waals surface area contributed by atoms with Crippen LogP contribution in [0.3, 0.4) is 0 Å². The molecule has 0 radical (unpaired) electrons. The molecule has 2 aromatic rings. The van der Waals surface area contributed by atoms with Crippen molar-refractivity contribution in [2.75, 3.05) is 38.6 Å². The molecule has 5 nitrogen and oxygen atoms in total. The van der Waals surface area contributed by atoms with Gasteiger partial charge in [-0.2, -0.15) is 0 Å². The third-order valence-electron chi connectivity index (χ3n) is 5.06. The normalized spacial score (nSPS) is 14.7. The second kappa shape index (κ2) is 9.38. The van der Waals surface area contributed by atoms with Gasteiger partial charge in [0.25, 0.3) is 0 Å². The van der Waals surface area contributed by atoms with Crippen molar-refractivity contribution in [3.8, 4) is 0 Å². The molecule has 0 saturated carbocycles. The summed E-state index contributed by atoms with van der Waals surface area (Å²) in [5, 5.41) is 4.99. The van der Waals surface area contributed by atoms with E-state index in [1.54, 1.807) is 6.07 Å². The highest BCUT2D eigenvalue weighted by Gasteiger charge is 2.24. The number of benzene rings is 1. The Labute approximate surface area is 184 Å². The highest BCUT2D eigenvalue weighted by molar-refractivity contribution is 7.80. The minimum atomic E-state index is -0.363. The van der Waals surface area contributed by atoms with Gasteiger partial charge >= 0.3 is 5.97 Å². The smallest absolute Gasteiger partial charge is 0.341 e. The van der Waals surface area contributed by atoms with Crippen molar-refractivity contribution < 1.29 is 13.9 Å². The lowest BCUT2D eigenvalue weighted by Gasteiger charge is -2.36. The molecule has 3 rings (SSSR count). The number of rotatable bonds is 4. The number of halogens is 2. The molecule has 1 aromatic heterocycles. The number of thiophene rings is 1.